The summed E-state index contributed by atoms with van der Waals surface area (Å²) in [6.07, 6.45) is 1.25. The highest BCUT2D eigenvalue weighted by Gasteiger charge is 2.24. The van der Waals surface area contributed by atoms with Crippen molar-refractivity contribution >= 4 is 22.8 Å². The highest BCUT2D eigenvalue weighted by Crippen LogP contribution is 2.33. The zero-order valence-corrected chi connectivity index (χ0v) is 19.0. The van der Waals surface area contributed by atoms with Crippen LogP contribution in [0.1, 0.15) is 20.3 Å². The van der Waals surface area contributed by atoms with E-state index < -0.39 is 0 Å². The summed E-state index contributed by atoms with van der Waals surface area (Å²) in [5.41, 5.74) is 8.00. The number of hydrogen-bond acceptors (Lipinski definition) is 7. The summed E-state index contributed by atoms with van der Waals surface area (Å²) < 4.78 is 7.67. The number of carbonyl (C=O) groups excluding carboxylic acids is 1. The van der Waals surface area contributed by atoms with E-state index in [1.165, 1.54) is 6.33 Å². The van der Waals surface area contributed by atoms with Crippen LogP contribution in [0.15, 0.2) is 60.9 Å². The number of para-hydroxylation sites is 1. The SMILES string of the molecule is CC(C)(CNC(=O)CC#N)Cn1nc(-c2ccc(Oc3ccccc3)cc2)c2c(N)ncnc21. The molecule has 0 saturated heterocycles. The summed E-state index contributed by atoms with van der Waals surface area (Å²) in [4.78, 5) is 20.3. The molecule has 0 atom stereocenters. The van der Waals surface area contributed by atoms with Gasteiger partial charge in [0.05, 0.1) is 18.0 Å². The van der Waals surface area contributed by atoms with E-state index in [-0.39, 0.29) is 17.7 Å². The second-order valence-corrected chi connectivity index (χ2v) is 8.68. The Kier molecular flexibility index (Phi) is 6.41. The zero-order valence-electron chi connectivity index (χ0n) is 19.0. The van der Waals surface area contributed by atoms with Gasteiger partial charge in [0.2, 0.25) is 5.91 Å². The number of nitrogens with zero attached hydrogens (tertiary/aromatic N) is 5. The van der Waals surface area contributed by atoms with E-state index in [1.54, 1.807) is 4.68 Å². The number of ether oxygens (including phenoxy) is 1. The Hall–Kier alpha value is -4.45. The van der Waals surface area contributed by atoms with Crippen LogP contribution in [0.25, 0.3) is 22.3 Å². The number of nitrogens with one attached hydrogen (secondary N) is 1. The number of amides is 1. The van der Waals surface area contributed by atoms with Crippen molar-refractivity contribution in [2.45, 2.75) is 26.8 Å². The van der Waals surface area contributed by atoms with Gasteiger partial charge in [0.25, 0.3) is 0 Å². The Morgan fingerprint density at radius 2 is 1.82 bits per heavy atom. The molecule has 0 aliphatic rings. The van der Waals surface area contributed by atoms with Gasteiger partial charge in [-0.1, -0.05) is 32.0 Å². The molecule has 3 N–H and O–H groups in total. The number of rotatable bonds is 8. The molecule has 0 spiro atoms. The molecule has 2 aromatic carbocycles. The van der Waals surface area contributed by atoms with E-state index >= 15 is 0 Å². The molecule has 0 aliphatic heterocycles. The van der Waals surface area contributed by atoms with Gasteiger partial charge in [0.15, 0.2) is 5.65 Å². The van der Waals surface area contributed by atoms with E-state index in [9.17, 15) is 4.79 Å². The standard InChI is InChI=1S/C25H25N7O2/c1-25(2,14-28-20(33)12-13-26)15-32-24-21(23(27)29-16-30-24)22(31-32)17-8-10-19(11-9-17)34-18-6-4-3-5-7-18/h3-11,16H,12,14-15H2,1-2H3,(H,28,33)(H2,27,29,30). The van der Waals surface area contributed by atoms with E-state index in [2.05, 4.69) is 15.3 Å². The lowest BCUT2D eigenvalue weighted by Gasteiger charge is -2.24. The number of aromatic nitrogens is 4. The summed E-state index contributed by atoms with van der Waals surface area (Å²) in [7, 11) is 0. The van der Waals surface area contributed by atoms with Crippen LogP contribution in [0.4, 0.5) is 5.82 Å². The van der Waals surface area contributed by atoms with Crippen LogP contribution in [0.5, 0.6) is 11.5 Å². The van der Waals surface area contributed by atoms with E-state index in [1.807, 2.05) is 74.5 Å². The van der Waals surface area contributed by atoms with E-state index in [4.69, 9.17) is 20.8 Å². The van der Waals surface area contributed by atoms with Gasteiger partial charge in [-0.2, -0.15) is 10.4 Å². The molecule has 0 aliphatic carbocycles. The van der Waals surface area contributed by atoms with Gasteiger partial charge in [-0.05, 0) is 36.4 Å². The molecule has 34 heavy (non-hydrogen) atoms. The fraction of sp³-hybridized carbons (Fsp3) is 0.240. The number of nitrogen functional groups attached to an aromatic ring is 1. The summed E-state index contributed by atoms with van der Waals surface area (Å²) in [5, 5.41) is 17.0. The average molecular weight is 456 g/mol. The monoisotopic (exact) mass is 455 g/mol. The summed E-state index contributed by atoms with van der Waals surface area (Å²) in [6, 6.07) is 19.0. The van der Waals surface area contributed by atoms with Crippen LogP contribution >= 0.6 is 0 Å². The summed E-state index contributed by atoms with van der Waals surface area (Å²) in [5.74, 6) is 1.51. The molecule has 0 saturated carbocycles. The Morgan fingerprint density at radius 3 is 2.53 bits per heavy atom. The van der Waals surface area contributed by atoms with Crippen LogP contribution in [0, 0.1) is 16.7 Å². The van der Waals surface area contributed by atoms with Crippen molar-refractivity contribution in [2.75, 3.05) is 12.3 Å². The molecule has 4 rings (SSSR count). The number of carbonyl (C=O) groups is 1. The second-order valence-electron chi connectivity index (χ2n) is 8.68. The van der Waals surface area contributed by atoms with Gasteiger partial charge < -0.3 is 15.8 Å². The maximum atomic E-state index is 11.7. The van der Waals surface area contributed by atoms with Crippen LogP contribution in [-0.4, -0.2) is 32.2 Å². The highest BCUT2D eigenvalue weighted by molar-refractivity contribution is 5.98. The maximum Gasteiger partial charge on any atom is 0.234 e. The molecule has 9 nitrogen and oxygen atoms in total. The number of benzene rings is 2. The molecule has 0 fully saturated rings. The smallest absolute Gasteiger partial charge is 0.234 e. The van der Waals surface area contributed by atoms with Gasteiger partial charge in [0.1, 0.15) is 35.8 Å². The van der Waals surface area contributed by atoms with Crippen LogP contribution in [0.3, 0.4) is 0 Å². The molecule has 172 valence electrons. The summed E-state index contributed by atoms with van der Waals surface area (Å²) >= 11 is 0. The molecule has 0 bridgehead atoms. The Morgan fingerprint density at radius 1 is 1.12 bits per heavy atom. The first kappa shape index (κ1) is 22.7. The number of nitriles is 1. The van der Waals surface area contributed by atoms with E-state index in [0.717, 1.165) is 11.3 Å². The predicted molar refractivity (Wildman–Crippen MR) is 129 cm³/mol. The number of anilines is 1. The number of hydrogen-bond donors (Lipinski definition) is 2. The van der Waals surface area contributed by atoms with Crippen LogP contribution < -0.4 is 15.8 Å². The fourth-order valence-electron chi connectivity index (χ4n) is 3.58. The van der Waals surface area contributed by atoms with Crippen molar-refractivity contribution in [3.05, 3.63) is 60.9 Å². The lowest BCUT2D eigenvalue weighted by atomic mass is 9.93. The van der Waals surface area contributed by atoms with Gasteiger partial charge in [-0.25, -0.2) is 14.6 Å². The first-order valence-electron chi connectivity index (χ1n) is 10.8. The van der Waals surface area contributed by atoms with E-state index in [0.29, 0.717) is 41.4 Å². The van der Waals surface area contributed by atoms with Crippen LogP contribution in [0.2, 0.25) is 0 Å². The molecule has 0 radical (unpaired) electrons. The fourth-order valence-corrected chi connectivity index (χ4v) is 3.58. The minimum absolute atomic E-state index is 0.168. The quantitative estimate of drug-likeness (QED) is 0.411. The Balaban J connectivity index is 1.61. The number of fused-ring (bicyclic) bond motifs is 1. The van der Waals surface area contributed by atoms with Gasteiger partial charge in [-0.15, -0.1) is 0 Å². The van der Waals surface area contributed by atoms with Gasteiger partial charge in [-0.3, -0.25) is 4.79 Å². The van der Waals surface area contributed by atoms with Crippen molar-refractivity contribution in [1.29, 1.82) is 5.26 Å². The third-order valence-corrected chi connectivity index (χ3v) is 5.25. The molecule has 0 unspecified atom stereocenters. The molecule has 9 heteroatoms. The Labute approximate surface area is 197 Å². The first-order valence-corrected chi connectivity index (χ1v) is 10.8. The van der Waals surface area contributed by atoms with Crippen LogP contribution in [-0.2, 0) is 11.3 Å². The lowest BCUT2D eigenvalue weighted by molar-refractivity contribution is -0.120. The zero-order chi connectivity index (χ0) is 24.1. The summed E-state index contributed by atoms with van der Waals surface area (Å²) in [6.45, 7) is 4.87. The third kappa shape index (κ3) is 5.13. The highest BCUT2D eigenvalue weighted by atomic mass is 16.5. The molecule has 4 aromatic rings. The van der Waals surface area contributed by atoms with Crippen molar-refractivity contribution in [3.8, 4) is 28.8 Å². The topological polar surface area (TPSA) is 132 Å². The average Bonchev–Trinajstić information content (AvgIpc) is 3.18. The second kappa shape index (κ2) is 9.58. The minimum atomic E-state index is -0.353. The minimum Gasteiger partial charge on any atom is -0.457 e. The molecule has 2 heterocycles. The van der Waals surface area contributed by atoms with Crippen molar-refractivity contribution < 1.29 is 9.53 Å². The van der Waals surface area contributed by atoms with Crippen molar-refractivity contribution in [3.63, 3.8) is 0 Å². The maximum absolute atomic E-state index is 11.7. The first-order chi connectivity index (χ1) is 16.4. The third-order valence-electron chi connectivity index (χ3n) is 5.25. The molecule has 2 aromatic heterocycles. The predicted octanol–water partition coefficient (Wildman–Crippen LogP) is 3.92. The van der Waals surface area contributed by atoms with Gasteiger partial charge >= 0.3 is 0 Å². The lowest BCUT2D eigenvalue weighted by Crippen LogP contribution is -2.36. The molecule has 1 amide bonds. The van der Waals surface area contributed by atoms with Gasteiger partial charge in [0, 0.05) is 17.5 Å². The largest absolute Gasteiger partial charge is 0.457 e. The molecular formula is C25H25N7O2. The molecular weight excluding hydrogens is 430 g/mol. The normalized spacial score (nSPS) is 11.2. The van der Waals surface area contributed by atoms with Crippen molar-refractivity contribution in [1.82, 2.24) is 25.1 Å². The Bertz CT molecular complexity index is 1340. The van der Waals surface area contributed by atoms with Crippen molar-refractivity contribution in [2.24, 2.45) is 5.41 Å². The number of nitrogens with two attached hydrogens (primary N) is 1.